The molecule has 0 amide bonds. The first-order valence-electron chi connectivity index (χ1n) is 15.3. The van der Waals surface area contributed by atoms with Gasteiger partial charge in [0.1, 0.15) is 11.5 Å². The van der Waals surface area contributed by atoms with Crippen LogP contribution in [0, 0.1) is 0 Å². The largest absolute Gasteiger partial charge is 0.465 e. The number of hydrogen-bond acceptors (Lipinski definition) is 7. The lowest BCUT2D eigenvalue weighted by atomic mass is 9.57. The van der Waals surface area contributed by atoms with E-state index in [4.69, 9.17) is 42.2 Å². The first kappa shape index (κ1) is 27.5. The van der Waals surface area contributed by atoms with Crippen molar-refractivity contribution in [2.45, 2.75) is 93.7 Å². The molecular formula is C34H33Cl2N3O4. The minimum atomic E-state index is -0.313. The zero-order valence-electron chi connectivity index (χ0n) is 24.1. The number of fused-ring (bicyclic) bond motifs is 4. The van der Waals surface area contributed by atoms with Crippen LogP contribution in [0.1, 0.15) is 109 Å². The van der Waals surface area contributed by atoms with Gasteiger partial charge in [-0.1, -0.05) is 40.5 Å². The van der Waals surface area contributed by atoms with Crippen molar-refractivity contribution in [1.82, 2.24) is 15.1 Å². The lowest BCUT2D eigenvalue weighted by Crippen LogP contribution is -2.50. The van der Waals surface area contributed by atoms with Crippen LogP contribution < -0.4 is 0 Å². The second kappa shape index (κ2) is 10.3. The maximum Gasteiger partial charge on any atom is 0.338 e. The summed E-state index contributed by atoms with van der Waals surface area (Å²) in [5, 5.41) is 6.22. The lowest BCUT2D eigenvalue weighted by molar-refractivity contribution is -0.127. The fourth-order valence-corrected chi connectivity index (χ4v) is 8.03. The van der Waals surface area contributed by atoms with Crippen molar-refractivity contribution < 1.29 is 18.8 Å². The van der Waals surface area contributed by atoms with E-state index >= 15 is 0 Å². The summed E-state index contributed by atoms with van der Waals surface area (Å²) < 4.78 is 17.8. The number of carbonyl (C=O) groups excluding carboxylic acids is 1. The molecule has 1 aromatic carbocycles. The Morgan fingerprint density at radius 2 is 1.65 bits per heavy atom. The van der Waals surface area contributed by atoms with Gasteiger partial charge in [-0.2, -0.15) is 0 Å². The zero-order chi connectivity index (χ0) is 29.3. The smallest absolute Gasteiger partial charge is 0.338 e. The standard InChI is InChI=1S/C34H33Cl2N3O4/c1-41-32(40)23-7-6-21(19-2-3-19)29-22(23)8-9-27(38-29)33-10-13-34(14-11-33,15-12-33)42-18-24-30(39-43-31(24)20-4-5-20)28-25(35)16-37-17-26(28)36/h6-9,16-17,19-20H,2-5,10-15,18H2,1H3. The van der Waals surface area contributed by atoms with Crippen molar-refractivity contribution in [3.63, 3.8) is 0 Å². The van der Waals surface area contributed by atoms with Crippen molar-refractivity contribution >= 4 is 40.1 Å². The first-order chi connectivity index (χ1) is 20.9. The van der Waals surface area contributed by atoms with Gasteiger partial charge in [0, 0.05) is 45.9 Å². The third kappa shape index (κ3) is 4.66. The SMILES string of the molecule is COC(=O)c1ccc(C2CC2)c2nc(C34CCC(OCc5c(-c6c(Cl)cncc6Cl)noc5C5CC5)(CC3)CC4)ccc12. The van der Waals surface area contributed by atoms with E-state index in [0.717, 1.165) is 79.3 Å². The number of halogens is 2. The van der Waals surface area contributed by atoms with Crippen LogP contribution in [0.25, 0.3) is 22.2 Å². The molecule has 43 heavy (non-hydrogen) atoms. The summed E-state index contributed by atoms with van der Waals surface area (Å²) in [7, 11) is 1.43. The minimum absolute atomic E-state index is 0.0288. The molecule has 4 aromatic rings. The highest BCUT2D eigenvalue weighted by molar-refractivity contribution is 6.38. The Labute approximate surface area is 260 Å². The number of ether oxygens (including phenoxy) is 2. The third-order valence-corrected chi connectivity index (χ3v) is 11.0. The predicted molar refractivity (Wildman–Crippen MR) is 164 cm³/mol. The van der Waals surface area contributed by atoms with Gasteiger partial charge in [-0.05, 0) is 87.8 Å². The number of aromatic nitrogens is 3. The molecule has 0 spiro atoms. The van der Waals surface area contributed by atoms with Gasteiger partial charge in [0.15, 0.2) is 0 Å². The highest BCUT2D eigenvalue weighted by atomic mass is 35.5. The van der Waals surface area contributed by atoms with E-state index in [2.05, 4.69) is 28.3 Å². The number of hydrogen-bond donors (Lipinski definition) is 0. The number of pyridine rings is 2. The highest BCUT2D eigenvalue weighted by Gasteiger charge is 2.51. The molecule has 0 aliphatic heterocycles. The summed E-state index contributed by atoms with van der Waals surface area (Å²) in [6.07, 6.45) is 13.7. The van der Waals surface area contributed by atoms with Gasteiger partial charge in [-0.15, -0.1) is 0 Å². The molecule has 9 heteroatoms. The Hall–Kier alpha value is -3.00. The molecular weight excluding hydrogens is 585 g/mol. The van der Waals surface area contributed by atoms with Gasteiger partial charge in [0.2, 0.25) is 0 Å². The molecule has 5 aliphatic rings. The van der Waals surface area contributed by atoms with Gasteiger partial charge >= 0.3 is 5.97 Å². The van der Waals surface area contributed by atoms with E-state index in [1.807, 2.05) is 6.07 Å². The molecule has 2 bridgehead atoms. The number of methoxy groups -OCH3 is 1. The topological polar surface area (TPSA) is 87.3 Å². The normalized spacial score (nSPS) is 24.9. The van der Waals surface area contributed by atoms with E-state index in [-0.39, 0.29) is 17.0 Å². The zero-order valence-corrected chi connectivity index (χ0v) is 25.6. The summed E-state index contributed by atoms with van der Waals surface area (Å²) in [4.78, 5) is 21.9. The Bertz CT molecular complexity index is 1720. The van der Waals surface area contributed by atoms with E-state index < -0.39 is 0 Å². The van der Waals surface area contributed by atoms with Crippen LogP contribution in [0.5, 0.6) is 0 Å². The van der Waals surface area contributed by atoms with Crippen LogP contribution in [0.15, 0.2) is 41.2 Å². The fourth-order valence-electron chi connectivity index (χ4n) is 7.48. The molecule has 0 N–H and O–H groups in total. The maximum atomic E-state index is 12.5. The van der Waals surface area contributed by atoms with Gasteiger partial charge in [0.25, 0.3) is 0 Å². The molecule has 9 rings (SSSR count). The molecule has 5 aliphatic carbocycles. The van der Waals surface area contributed by atoms with Crippen molar-refractivity contribution in [1.29, 1.82) is 0 Å². The fraction of sp³-hybridized carbons (Fsp3) is 0.471. The summed E-state index contributed by atoms with van der Waals surface area (Å²) in [5.74, 6) is 1.50. The van der Waals surface area contributed by atoms with Gasteiger partial charge < -0.3 is 14.0 Å². The van der Waals surface area contributed by atoms with Crippen molar-refractivity contribution in [3.8, 4) is 11.3 Å². The number of benzene rings is 1. The summed E-state index contributed by atoms with van der Waals surface area (Å²) in [6, 6.07) is 8.24. The Kier molecular flexibility index (Phi) is 6.59. The van der Waals surface area contributed by atoms with Crippen LogP contribution in [-0.2, 0) is 21.5 Å². The summed E-state index contributed by atoms with van der Waals surface area (Å²) in [5.41, 5.74) is 6.09. The Morgan fingerprint density at radius 1 is 0.953 bits per heavy atom. The van der Waals surface area contributed by atoms with Crippen LogP contribution >= 0.6 is 23.2 Å². The molecule has 222 valence electrons. The molecule has 5 fully saturated rings. The van der Waals surface area contributed by atoms with E-state index in [1.165, 1.54) is 25.5 Å². The van der Waals surface area contributed by atoms with Gasteiger partial charge in [0.05, 0.1) is 40.4 Å². The summed E-state index contributed by atoms with van der Waals surface area (Å²) in [6.45, 7) is 0.419. The van der Waals surface area contributed by atoms with E-state index in [9.17, 15) is 4.79 Å². The number of nitrogens with zero attached hydrogens (tertiary/aromatic N) is 3. The molecule has 5 saturated carbocycles. The molecule has 0 atom stereocenters. The second-order valence-corrected chi connectivity index (χ2v) is 13.8. The van der Waals surface area contributed by atoms with Crippen LogP contribution in [0.3, 0.4) is 0 Å². The van der Waals surface area contributed by atoms with E-state index in [1.54, 1.807) is 12.4 Å². The van der Waals surface area contributed by atoms with Crippen molar-refractivity contribution in [3.05, 3.63) is 74.8 Å². The molecule has 0 saturated heterocycles. The van der Waals surface area contributed by atoms with Crippen molar-refractivity contribution in [2.75, 3.05) is 7.11 Å². The molecule has 0 radical (unpaired) electrons. The second-order valence-electron chi connectivity index (χ2n) is 12.9. The molecule has 0 unspecified atom stereocenters. The average Bonchev–Trinajstić information content (AvgIpc) is 3.98. The lowest BCUT2D eigenvalue weighted by Gasteiger charge is -2.53. The Balaban J connectivity index is 1.05. The number of carbonyl (C=O) groups is 1. The Morgan fingerprint density at radius 3 is 2.30 bits per heavy atom. The summed E-state index contributed by atoms with van der Waals surface area (Å²) >= 11 is 13.0. The van der Waals surface area contributed by atoms with Gasteiger partial charge in [-0.25, -0.2) is 4.79 Å². The average molecular weight is 619 g/mol. The highest BCUT2D eigenvalue weighted by Crippen LogP contribution is 2.56. The quantitative estimate of drug-likeness (QED) is 0.183. The molecule has 3 heterocycles. The van der Waals surface area contributed by atoms with Crippen molar-refractivity contribution in [2.24, 2.45) is 0 Å². The van der Waals surface area contributed by atoms with Crippen LogP contribution in [0.4, 0.5) is 0 Å². The molecule has 7 nitrogen and oxygen atoms in total. The number of rotatable bonds is 8. The maximum absolute atomic E-state index is 12.5. The third-order valence-electron chi connectivity index (χ3n) is 10.4. The minimum Gasteiger partial charge on any atom is -0.465 e. The van der Waals surface area contributed by atoms with Gasteiger partial charge in [-0.3, -0.25) is 9.97 Å². The monoisotopic (exact) mass is 617 g/mol. The molecule has 3 aromatic heterocycles. The number of esters is 1. The van der Waals surface area contributed by atoms with E-state index in [0.29, 0.717) is 45.3 Å². The predicted octanol–water partition coefficient (Wildman–Crippen LogP) is 8.69. The first-order valence-corrected chi connectivity index (χ1v) is 16.1. The van der Waals surface area contributed by atoms with Crippen LogP contribution in [0.2, 0.25) is 10.0 Å². The van der Waals surface area contributed by atoms with Crippen LogP contribution in [-0.4, -0.2) is 33.8 Å².